The Morgan fingerprint density at radius 1 is 1.50 bits per heavy atom. The van der Waals surface area contributed by atoms with Gasteiger partial charge in [0.2, 0.25) is 0 Å². The molecule has 1 aromatic heterocycles. The van der Waals surface area contributed by atoms with Crippen LogP contribution in [0.5, 0.6) is 0 Å². The van der Waals surface area contributed by atoms with Crippen LogP contribution in [-0.2, 0) is 4.74 Å². The van der Waals surface area contributed by atoms with Gasteiger partial charge in [-0.1, -0.05) is 13.8 Å². The fourth-order valence-electron chi connectivity index (χ4n) is 2.89. The Bertz CT molecular complexity index is 575. The Hall–Kier alpha value is -1.44. The van der Waals surface area contributed by atoms with Gasteiger partial charge in [0.25, 0.3) is 5.56 Å². The number of nitrogens with one attached hydrogen (secondary N) is 1. The predicted molar refractivity (Wildman–Crippen MR) is 73.3 cm³/mol. The maximum Gasteiger partial charge on any atom is 0.330 e. The number of nitrogens with zero attached hydrogens (tertiary/aromatic N) is 1. The van der Waals surface area contributed by atoms with Crippen LogP contribution in [-0.4, -0.2) is 32.9 Å². The maximum atomic E-state index is 11.9. The molecule has 4 atom stereocenters. The quantitative estimate of drug-likeness (QED) is 0.694. The molecule has 0 radical (unpaired) electrons. The van der Waals surface area contributed by atoms with E-state index in [1.807, 2.05) is 13.8 Å². The minimum absolute atomic E-state index is 0.106. The number of aromatic amines is 1. The average Bonchev–Trinajstić information content (AvgIpc) is 2.71. The van der Waals surface area contributed by atoms with Crippen molar-refractivity contribution in [3.8, 4) is 0 Å². The van der Waals surface area contributed by atoms with Gasteiger partial charge in [0.15, 0.2) is 0 Å². The number of hydrogen-bond donors (Lipinski definition) is 3. The summed E-state index contributed by atoms with van der Waals surface area (Å²) >= 11 is 0. The summed E-state index contributed by atoms with van der Waals surface area (Å²) in [5.74, 6) is -0.106. The van der Waals surface area contributed by atoms with E-state index in [0.717, 1.165) is 0 Å². The molecule has 0 aromatic carbocycles. The SMILES string of the molecule is CC[C@H]1[C@H](n2ccc(=O)[nH]c2=O)O[C@](CC)(CO)[C@H]1N. The maximum absolute atomic E-state index is 11.9. The Morgan fingerprint density at radius 2 is 2.20 bits per heavy atom. The number of aromatic nitrogens is 2. The molecule has 1 saturated heterocycles. The van der Waals surface area contributed by atoms with E-state index in [4.69, 9.17) is 10.5 Å². The second-order valence-electron chi connectivity index (χ2n) is 5.20. The van der Waals surface area contributed by atoms with Gasteiger partial charge in [0.1, 0.15) is 11.8 Å². The highest BCUT2D eigenvalue weighted by molar-refractivity contribution is 5.02. The third-order valence-corrected chi connectivity index (χ3v) is 4.25. The van der Waals surface area contributed by atoms with Crippen LogP contribution in [0.4, 0.5) is 0 Å². The molecule has 4 N–H and O–H groups in total. The van der Waals surface area contributed by atoms with Gasteiger partial charge in [-0.05, 0) is 12.8 Å². The summed E-state index contributed by atoms with van der Waals surface area (Å²) in [6.07, 6.45) is 2.09. The third-order valence-electron chi connectivity index (χ3n) is 4.25. The molecule has 0 spiro atoms. The Morgan fingerprint density at radius 3 is 2.70 bits per heavy atom. The van der Waals surface area contributed by atoms with Crippen LogP contribution >= 0.6 is 0 Å². The van der Waals surface area contributed by atoms with Crippen LogP contribution in [0.25, 0.3) is 0 Å². The normalized spacial score (nSPS) is 33.5. The van der Waals surface area contributed by atoms with E-state index in [1.54, 1.807) is 0 Å². The third kappa shape index (κ3) is 2.21. The molecular formula is C13H21N3O4. The zero-order valence-electron chi connectivity index (χ0n) is 11.7. The van der Waals surface area contributed by atoms with Gasteiger partial charge in [-0.3, -0.25) is 14.3 Å². The van der Waals surface area contributed by atoms with Gasteiger partial charge >= 0.3 is 5.69 Å². The standard InChI is InChI=1S/C13H21N3O4/c1-3-8-10(14)13(4-2,7-17)20-11(8)16-6-5-9(18)15-12(16)19/h5-6,8,10-11,17H,3-4,7,14H2,1-2H3,(H,15,18,19)/t8-,10+,11-,13-/m1/s1. The molecule has 7 nitrogen and oxygen atoms in total. The van der Waals surface area contributed by atoms with E-state index >= 15 is 0 Å². The molecule has 0 saturated carbocycles. The highest BCUT2D eigenvalue weighted by Gasteiger charge is 2.52. The summed E-state index contributed by atoms with van der Waals surface area (Å²) in [5, 5.41) is 9.63. The number of hydrogen-bond acceptors (Lipinski definition) is 5. The molecule has 1 aliphatic rings. The molecule has 0 aliphatic carbocycles. The summed E-state index contributed by atoms with van der Waals surface area (Å²) in [4.78, 5) is 25.3. The van der Waals surface area contributed by atoms with E-state index in [1.165, 1.54) is 16.8 Å². The second-order valence-corrected chi connectivity index (χ2v) is 5.20. The minimum atomic E-state index is -0.846. The lowest BCUT2D eigenvalue weighted by molar-refractivity contribution is -0.109. The van der Waals surface area contributed by atoms with Gasteiger partial charge in [-0.2, -0.15) is 0 Å². The van der Waals surface area contributed by atoms with Crippen molar-refractivity contribution in [3.63, 3.8) is 0 Å². The Balaban J connectivity index is 2.46. The van der Waals surface area contributed by atoms with Crippen molar-refractivity contribution in [1.29, 1.82) is 0 Å². The molecular weight excluding hydrogens is 262 g/mol. The number of aliphatic hydroxyl groups is 1. The molecule has 0 amide bonds. The van der Waals surface area contributed by atoms with E-state index in [9.17, 15) is 14.7 Å². The topological polar surface area (TPSA) is 110 Å². The highest BCUT2D eigenvalue weighted by atomic mass is 16.5. The van der Waals surface area contributed by atoms with Crippen LogP contribution in [0.2, 0.25) is 0 Å². The summed E-state index contributed by atoms with van der Waals surface area (Å²) in [7, 11) is 0. The summed E-state index contributed by atoms with van der Waals surface area (Å²) in [5.41, 5.74) is 4.40. The Kier molecular flexibility index (Phi) is 4.12. The van der Waals surface area contributed by atoms with Crippen molar-refractivity contribution in [3.05, 3.63) is 33.1 Å². The van der Waals surface area contributed by atoms with Crippen molar-refractivity contribution >= 4 is 0 Å². The molecule has 0 unspecified atom stereocenters. The van der Waals surface area contributed by atoms with Crippen molar-refractivity contribution in [1.82, 2.24) is 9.55 Å². The van der Waals surface area contributed by atoms with Crippen molar-refractivity contribution < 1.29 is 9.84 Å². The zero-order chi connectivity index (χ0) is 14.9. The lowest BCUT2D eigenvalue weighted by Gasteiger charge is -2.30. The molecule has 0 bridgehead atoms. The van der Waals surface area contributed by atoms with Gasteiger partial charge < -0.3 is 15.6 Å². The predicted octanol–water partition coefficient (Wildman–Crippen LogP) is -0.440. The van der Waals surface area contributed by atoms with Gasteiger partial charge in [-0.25, -0.2) is 4.79 Å². The van der Waals surface area contributed by atoms with Crippen molar-refractivity contribution in [2.24, 2.45) is 11.7 Å². The van der Waals surface area contributed by atoms with Gasteiger partial charge in [-0.15, -0.1) is 0 Å². The van der Waals surface area contributed by atoms with Crippen LogP contribution in [0, 0.1) is 5.92 Å². The smallest absolute Gasteiger partial charge is 0.330 e. The fraction of sp³-hybridized carbons (Fsp3) is 0.692. The summed E-state index contributed by atoms with van der Waals surface area (Å²) < 4.78 is 7.27. The number of ether oxygens (including phenoxy) is 1. The van der Waals surface area contributed by atoms with Crippen molar-refractivity contribution in [2.75, 3.05) is 6.61 Å². The van der Waals surface area contributed by atoms with E-state index in [-0.39, 0.29) is 18.6 Å². The van der Waals surface area contributed by atoms with E-state index < -0.39 is 23.1 Å². The first-order chi connectivity index (χ1) is 9.49. The average molecular weight is 283 g/mol. The summed E-state index contributed by atoms with van der Waals surface area (Å²) in [6.45, 7) is 3.65. The minimum Gasteiger partial charge on any atom is -0.393 e. The highest BCUT2D eigenvalue weighted by Crippen LogP contribution is 2.42. The first kappa shape index (κ1) is 15.0. The lowest BCUT2D eigenvalue weighted by atomic mass is 9.85. The summed E-state index contributed by atoms with van der Waals surface area (Å²) in [6, 6.07) is 0.903. The molecule has 1 aliphatic heterocycles. The number of rotatable bonds is 4. The largest absolute Gasteiger partial charge is 0.393 e. The molecule has 2 rings (SSSR count). The van der Waals surface area contributed by atoms with Gasteiger partial charge in [0.05, 0.1) is 6.61 Å². The van der Waals surface area contributed by atoms with Crippen LogP contribution in [0.1, 0.15) is 32.9 Å². The van der Waals surface area contributed by atoms with E-state index in [0.29, 0.717) is 12.8 Å². The number of aliphatic hydroxyl groups excluding tert-OH is 1. The van der Waals surface area contributed by atoms with Crippen LogP contribution in [0.3, 0.4) is 0 Å². The van der Waals surface area contributed by atoms with Crippen LogP contribution in [0.15, 0.2) is 21.9 Å². The van der Waals surface area contributed by atoms with Crippen molar-refractivity contribution in [2.45, 2.75) is 44.6 Å². The lowest BCUT2D eigenvalue weighted by Crippen LogP contribution is -2.49. The fourth-order valence-corrected chi connectivity index (χ4v) is 2.89. The molecule has 7 heteroatoms. The second kappa shape index (κ2) is 5.51. The molecule has 2 heterocycles. The van der Waals surface area contributed by atoms with E-state index in [2.05, 4.69) is 4.98 Å². The monoisotopic (exact) mass is 283 g/mol. The number of nitrogens with two attached hydrogens (primary N) is 1. The zero-order valence-corrected chi connectivity index (χ0v) is 11.7. The molecule has 112 valence electrons. The van der Waals surface area contributed by atoms with Crippen LogP contribution < -0.4 is 17.0 Å². The van der Waals surface area contributed by atoms with Gasteiger partial charge in [0, 0.05) is 24.2 Å². The molecule has 20 heavy (non-hydrogen) atoms. The first-order valence-corrected chi connectivity index (χ1v) is 6.84. The molecule has 1 aromatic rings. The molecule has 1 fully saturated rings. The number of H-pyrrole nitrogens is 1. The Labute approximate surface area is 116 Å². The first-order valence-electron chi connectivity index (χ1n) is 6.84.